The van der Waals surface area contributed by atoms with Crippen LogP contribution in [0.15, 0.2) is 38.2 Å². The maximum atomic E-state index is 12.0. The van der Waals surface area contributed by atoms with E-state index in [0.717, 1.165) is 12.1 Å². The van der Waals surface area contributed by atoms with Crippen molar-refractivity contribution in [3.63, 3.8) is 0 Å². The highest BCUT2D eigenvalue weighted by atomic mass is 79.9. The van der Waals surface area contributed by atoms with Crippen molar-refractivity contribution in [3.05, 3.63) is 44.3 Å². The van der Waals surface area contributed by atoms with Gasteiger partial charge in [-0.15, -0.1) is 0 Å². The Morgan fingerprint density at radius 2 is 1.48 bits per heavy atom. The molecule has 8 heteroatoms. The second-order valence-electron chi connectivity index (χ2n) is 4.59. The second kappa shape index (κ2) is 7.01. The summed E-state index contributed by atoms with van der Waals surface area (Å²) in [6.45, 7) is -0.209. The molecule has 0 unspecified atom stereocenters. The van der Waals surface area contributed by atoms with E-state index in [-0.39, 0.29) is 17.9 Å². The summed E-state index contributed by atoms with van der Waals surface area (Å²) < 4.78 is 0.959. The number of Topliss-reactive ketones (excluding diaryl/α,β-unsaturated/α-hetero) is 1. The molecule has 6 nitrogen and oxygen atoms in total. The van der Waals surface area contributed by atoms with Gasteiger partial charge in [0.1, 0.15) is 12.3 Å². The van der Waals surface area contributed by atoms with E-state index in [4.69, 9.17) is 0 Å². The fraction of sp³-hybridized carbons (Fsp3) is 0.0667. The quantitative estimate of drug-likeness (QED) is 0.328. The van der Waals surface area contributed by atoms with Crippen LogP contribution in [0.5, 0.6) is 23.0 Å². The topological polar surface area (TPSA) is 110 Å². The minimum Gasteiger partial charge on any atom is -0.506 e. The first-order valence-corrected chi connectivity index (χ1v) is 7.84. The number of rotatable bonds is 4. The van der Waals surface area contributed by atoms with Crippen molar-refractivity contribution in [1.82, 2.24) is 0 Å². The third-order valence-electron chi connectivity index (χ3n) is 2.91. The van der Waals surface area contributed by atoms with E-state index in [2.05, 4.69) is 36.9 Å². The molecule has 0 aromatic heterocycles. The van der Waals surface area contributed by atoms with Crippen LogP contribution in [0, 0.1) is 0 Å². The van der Waals surface area contributed by atoms with Crippen molar-refractivity contribution in [3.8, 4) is 23.0 Å². The van der Waals surface area contributed by atoms with Crippen LogP contribution in [0.4, 0.5) is 0 Å². The molecule has 0 amide bonds. The van der Waals surface area contributed by atoms with Gasteiger partial charge in [-0.3, -0.25) is 9.79 Å². The van der Waals surface area contributed by atoms with Crippen LogP contribution >= 0.6 is 31.9 Å². The van der Waals surface area contributed by atoms with E-state index in [0.29, 0.717) is 14.5 Å². The number of ketones is 1. The van der Waals surface area contributed by atoms with Crippen LogP contribution in [-0.2, 0) is 0 Å². The van der Waals surface area contributed by atoms with E-state index in [1.165, 1.54) is 6.21 Å². The number of carbonyl (C=O) groups is 1. The number of phenolic OH excluding ortho intramolecular Hbond substituents is 4. The van der Waals surface area contributed by atoms with Gasteiger partial charge in [0.05, 0.1) is 8.95 Å². The van der Waals surface area contributed by atoms with Crippen LogP contribution < -0.4 is 0 Å². The molecule has 0 aliphatic carbocycles. The van der Waals surface area contributed by atoms with Crippen LogP contribution in [0.3, 0.4) is 0 Å². The van der Waals surface area contributed by atoms with Gasteiger partial charge in [0.2, 0.25) is 0 Å². The Hall–Kier alpha value is -2.06. The molecule has 2 aromatic rings. The minimum atomic E-state index is -0.677. The maximum Gasteiger partial charge on any atom is 0.200 e. The van der Waals surface area contributed by atoms with Gasteiger partial charge in [-0.1, -0.05) is 0 Å². The minimum absolute atomic E-state index is 0.0306. The van der Waals surface area contributed by atoms with Crippen molar-refractivity contribution in [2.75, 3.05) is 6.54 Å². The average molecular weight is 445 g/mol. The van der Waals surface area contributed by atoms with E-state index in [1.807, 2.05) is 0 Å². The zero-order valence-corrected chi connectivity index (χ0v) is 14.7. The van der Waals surface area contributed by atoms with Gasteiger partial charge >= 0.3 is 0 Å². The largest absolute Gasteiger partial charge is 0.506 e. The smallest absolute Gasteiger partial charge is 0.200 e. The first-order chi connectivity index (χ1) is 10.8. The summed E-state index contributed by atoms with van der Waals surface area (Å²) in [5.41, 5.74) is 0.689. The number of hydrogen-bond donors (Lipinski definition) is 4. The Morgan fingerprint density at radius 3 is 2.00 bits per heavy atom. The lowest BCUT2D eigenvalue weighted by Crippen LogP contribution is -2.03. The maximum absolute atomic E-state index is 12.0. The third-order valence-corrected chi connectivity index (χ3v) is 4.12. The van der Waals surface area contributed by atoms with Crippen LogP contribution in [0.2, 0.25) is 0 Å². The average Bonchev–Trinajstić information content (AvgIpc) is 2.49. The van der Waals surface area contributed by atoms with Crippen LogP contribution in [-0.4, -0.2) is 39.0 Å². The summed E-state index contributed by atoms with van der Waals surface area (Å²) in [5.74, 6) is -2.21. The van der Waals surface area contributed by atoms with Gasteiger partial charge in [0.25, 0.3) is 0 Å². The number of phenols is 4. The number of hydrogen-bond acceptors (Lipinski definition) is 6. The SMILES string of the molecule is O=C(CN=Cc1cc(Br)c(O)c(Br)c1)c1cc(O)c(O)c(O)c1. The summed E-state index contributed by atoms with van der Waals surface area (Å²) in [4.78, 5) is 16.0. The van der Waals surface area contributed by atoms with Gasteiger partial charge < -0.3 is 20.4 Å². The molecular formula is C15H11Br2NO5. The lowest BCUT2D eigenvalue weighted by atomic mass is 10.1. The van der Waals surface area contributed by atoms with E-state index in [1.54, 1.807) is 12.1 Å². The number of benzene rings is 2. The Kier molecular flexibility index (Phi) is 5.27. The summed E-state index contributed by atoms with van der Waals surface area (Å²) in [6, 6.07) is 5.37. The predicted molar refractivity (Wildman–Crippen MR) is 91.7 cm³/mol. The fourth-order valence-corrected chi connectivity index (χ4v) is 2.97. The van der Waals surface area contributed by atoms with Crippen molar-refractivity contribution in [1.29, 1.82) is 0 Å². The van der Waals surface area contributed by atoms with Crippen molar-refractivity contribution in [2.24, 2.45) is 4.99 Å². The number of aromatic hydroxyl groups is 4. The number of nitrogens with zero attached hydrogens (tertiary/aromatic N) is 1. The number of halogens is 2. The molecule has 0 heterocycles. The summed E-state index contributed by atoms with van der Waals surface area (Å²) >= 11 is 6.38. The summed E-state index contributed by atoms with van der Waals surface area (Å²) in [6.07, 6.45) is 1.45. The molecule has 2 aromatic carbocycles. The first kappa shape index (κ1) is 17.3. The Bertz CT molecular complexity index is 758. The van der Waals surface area contributed by atoms with Gasteiger partial charge in [-0.25, -0.2) is 0 Å². The lowest BCUT2D eigenvalue weighted by molar-refractivity contribution is 0.100. The molecule has 0 radical (unpaired) electrons. The zero-order valence-electron chi connectivity index (χ0n) is 11.5. The highest BCUT2D eigenvalue weighted by Crippen LogP contribution is 2.35. The molecule has 0 fully saturated rings. The summed E-state index contributed by atoms with van der Waals surface area (Å²) in [5, 5.41) is 37.6. The number of aliphatic imine (C=N–C) groups is 1. The molecule has 0 atom stereocenters. The van der Waals surface area contributed by atoms with E-state index in [9.17, 15) is 25.2 Å². The molecule has 0 aliphatic heterocycles. The standard InChI is InChI=1S/C15H11Br2NO5/c16-9-1-7(2-10(17)14(9)22)5-18-6-13(21)8-3-11(19)15(23)12(20)4-8/h1-5,19-20,22-23H,6H2. The molecule has 0 saturated heterocycles. The van der Waals surface area contributed by atoms with Crippen LogP contribution in [0.25, 0.3) is 0 Å². The Labute approximate surface area is 148 Å². The van der Waals surface area contributed by atoms with Crippen molar-refractivity contribution in [2.45, 2.75) is 0 Å². The zero-order chi connectivity index (χ0) is 17.1. The highest BCUT2D eigenvalue weighted by molar-refractivity contribution is 9.11. The molecule has 2 rings (SSSR count). The first-order valence-electron chi connectivity index (χ1n) is 6.25. The fourth-order valence-electron chi connectivity index (χ4n) is 1.75. The normalized spacial score (nSPS) is 11.0. The second-order valence-corrected chi connectivity index (χ2v) is 6.30. The third kappa shape index (κ3) is 4.02. The molecule has 0 spiro atoms. The molecule has 120 valence electrons. The van der Waals surface area contributed by atoms with Crippen LogP contribution in [0.1, 0.15) is 15.9 Å². The lowest BCUT2D eigenvalue weighted by Gasteiger charge is -2.04. The predicted octanol–water partition coefficient (Wildman–Crippen LogP) is 3.34. The van der Waals surface area contributed by atoms with Gasteiger partial charge in [0.15, 0.2) is 23.0 Å². The van der Waals surface area contributed by atoms with E-state index < -0.39 is 23.0 Å². The van der Waals surface area contributed by atoms with Gasteiger partial charge in [-0.2, -0.15) is 0 Å². The molecule has 0 aliphatic rings. The molecule has 4 N–H and O–H groups in total. The van der Waals surface area contributed by atoms with Crippen molar-refractivity contribution >= 4 is 43.9 Å². The number of carbonyl (C=O) groups excluding carboxylic acids is 1. The molecule has 0 saturated carbocycles. The van der Waals surface area contributed by atoms with Gasteiger partial charge in [-0.05, 0) is 61.7 Å². The molecule has 0 bridgehead atoms. The highest BCUT2D eigenvalue weighted by Gasteiger charge is 2.13. The van der Waals surface area contributed by atoms with Gasteiger partial charge in [0, 0.05) is 11.8 Å². The Morgan fingerprint density at radius 1 is 0.957 bits per heavy atom. The van der Waals surface area contributed by atoms with E-state index >= 15 is 0 Å². The summed E-state index contributed by atoms with van der Waals surface area (Å²) in [7, 11) is 0. The molecular weight excluding hydrogens is 434 g/mol. The monoisotopic (exact) mass is 443 g/mol. The van der Waals surface area contributed by atoms with Crippen molar-refractivity contribution < 1.29 is 25.2 Å². The Balaban J connectivity index is 2.13. The molecule has 23 heavy (non-hydrogen) atoms.